The molecule has 0 unspecified atom stereocenters. The Balaban J connectivity index is 1.62. The van der Waals surface area contributed by atoms with Crippen molar-refractivity contribution < 1.29 is 13.9 Å². The minimum atomic E-state index is -0.407. The van der Waals surface area contributed by atoms with Crippen molar-refractivity contribution in [1.82, 2.24) is 10.9 Å². The van der Waals surface area contributed by atoms with E-state index in [1.807, 2.05) is 50.2 Å². The third kappa shape index (κ3) is 4.86. The van der Waals surface area contributed by atoms with Crippen LogP contribution in [0, 0.1) is 6.92 Å². The summed E-state index contributed by atoms with van der Waals surface area (Å²) >= 11 is 5.25. The lowest BCUT2D eigenvalue weighted by atomic mass is 10.0. The molecule has 0 saturated heterocycles. The number of amides is 1. The topological polar surface area (TPSA) is 75.5 Å². The van der Waals surface area contributed by atoms with Crippen LogP contribution in [-0.2, 0) is 0 Å². The number of nitrogens with one attached hydrogen (secondary N) is 3. The van der Waals surface area contributed by atoms with Gasteiger partial charge < -0.3 is 14.5 Å². The number of rotatable bonds is 5. The van der Waals surface area contributed by atoms with E-state index in [-0.39, 0.29) is 10.9 Å². The largest absolute Gasteiger partial charge is 0.494 e. The molecule has 0 aliphatic rings. The van der Waals surface area contributed by atoms with E-state index in [4.69, 9.17) is 21.4 Å². The number of hydrogen-bond donors (Lipinski definition) is 3. The van der Waals surface area contributed by atoms with Crippen LogP contribution in [0.25, 0.3) is 11.0 Å². The molecule has 0 aliphatic heterocycles. The second-order valence-electron chi connectivity index (χ2n) is 6.96. The highest BCUT2D eigenvalue weighted by Crippen LogP contribution is 2.28. The van der Waals surface area contributed by atoms with E-state index < -0.39 is 5.91 Å². The number of hydrazine groups is 1. The van der Waals surface area contributed by atoms with Crippen molar-refractivity contribution in [1.29, 1.82) is 0 Å². The van der Waals surface area contributed by atoms with Crippen molar-refractivity contribution in [3.05, 3.63) is 59.4 Å². The molecular formula is C22H25N3O3S. The molecule has 3 aromatic rings. The molecule has 1 amide bonds. The molecule has 0 fully saturated rings. The fourth-order valence-electron chi connectivity index (χ4n) is 2.96. The predicted octanol–water partition coefficient (Wildman–Crippen LogP) is 4.89. The van der Waals surface area contributed by atoms with Gasteiger partial charge in [0.2, 0.25) is 0 Å². The summed E-state index contributed by atoms with van der Waals surface area (Å²) in [6, 6.07) is 13.5. The van der Waals surface area contributed by atoms with Crippen molar-refractivity contribution >= 4 is 39.9 Å². The lowest BCUT2D eigenvalue weighted by Crippen LogP contribution is -2.43. The maximum Gasteiger partial charge on any atom is 0.305 e. The molecule has 7 heteroatoms. The molecule has 0 spiro atoms. The Labute approximate surface area is 175 Å². The number of carbonyl (C=O) groups is 1. The monoisotopic (exact) mass is 411 g/mol. The zero-order valence-electron chi connectivity index (χ0n) is 17.0. The number of fused-ring (bicyclic) bond motifs is 1. The van der Waals surface area contributed by atoms with Gasteiger partial charge in [-0.15, -0.1) is 0 Å². The van der Waals surface area contributed by atoms with Crippen molar-refractivity contribution in [2.75, 3.05) is 11.9 Å². The normalized spacial score (nSPS) is 10.8. The van der Waals surface area contributed by atoms with Gasteiger partial charge in [-0.3, -0.25) is 15.6 Å². The van der Waals surface area contributed by atoms with Crippen LogP contribution in [0.15, 0.2) is 46.9 Å². The Morgan fingerprint density at radius 1 is 1.14 bits per heavy atom. The predicted molar refractivity (Wildman–Crippen MR) is 119 cm³/mol. The van der Waals surface area contributed by atoms with Gasteiger partial charge >= 0.3 is 5.91 Å². The van der Waals surface area contributed by atoms with Crippen LogP contribution in [0.3, 0.4) is 0 Å². The lowest BCUT2D eigenvalue weighted by Gasteiger charge is -2.12. The minimum Gasteiger partial charge on any atom is -0.494 e. The zero-order chi connectivity index (χ0) is 21.0. The second kappa shape index (κ2) is 8.96. The van der Waals surface area contributed by atoms with Crippen LogP contribution in [0.4, 0.5) is 5.69 Å². The van der Waals surface area contributed by atoms with Crippen molar-refractivity contribution in [3.8, 4) is 5.75 Å². The molecule has 3 rings (SSSR count). The first-order valence-electron chi connectivity index (χ1n) is 9.52. The molecule has 1 aromatic heterocycles. The molecule has 1 heterocycles. The number of hydrogen-bond acceptors (Lipinski definition) is 4. The van der Waals surface area contributed by atoms with Gasteiger partial charge in [0.15, 0.2) is 10.9 Å². The molecule has 0 atom stereocenters. The number of thiocarbonyl (C=S) groups is 1. The summed E-state index contributed by atoms with van der Waals surface area (Å²) in [5.74, 6) is 1.02. The fourth-order valence-corrected chi connectivity index (χ4v) is 3.13. The summed E-state index contributed by atoms with van der Waals surface area (Å²) in [4.78, 5) is 12.5. The summed E-state index contributed by atoms with van der Waals surface area (Å²) in [5.41, 5.74) is 8.73. The maximum atomic E-state index is 12.5. The number of ether oxygens (including phenoxy) is 1. The van der Waals surface area contributed by atoms with E-state index in [9.17, 15) is 4.79 Å². The van der Waals surface area contributed by atoms with Crippen LogP contribution in [0.1, 0.15) is 48.4 Å². The number of anilines is 1. The minimum absolute atomic E-state index is 0.227. The average Bonchev–Trinajstić information content (AvgIpc) is 3.03. The quantitative estimate of drug-likeness (QED) is 0.410. The number of carbonyl (C=O) groups excluding carboxylic acids is 1. The highest BCUT2D eigenvalue weighted by Gasteiger charge is 2.18. The Morgan fingerprint density at radius 2 is 1.86 bits per heavy atom. The Morgan fingerprint density at radius 3 is 2.52 bits per heavy atom. The second-order valence-corrected chi connectivity index (χ2v) is 7.37. The third-order valence-corrected chi connectivity index (χ3v) is 4.75. The molecule has 3 N–H and O–H groups in total. The van der Waals surface area contributed by atoms with Crippen molar-refractivity contribution in [3.63, 3.8) is 0 Å². The zero-order valence-corrected chi connectivity index (χ0v) is 17.8. The Kier molecular flexibility index (Phi) is 6.39. The number of benzene rings is 2. The van der Waals surface area contributed by atoms with Gasteiger partial charge in [-0.2, -0.15) is 0 Å². The van der Waals surface area contributed by atoms with E-state index >= 15 is 0 Å². The Bertz CT molecular complexity index is 1030. The average molecular weight is 412 g/mol. The van der Waals surface area contributed by atoms with Crippen LogP contribution >= 0.6 is 12.2 Å². The van der Waals surface area contributed by atoms with E-state index in [0.717, 1.165) is 22.4 Å². The van der Waals surface area contributed by atoms with E-state index in [1.165, 1.54) is 5.56 Å². The lowest BCUT2D eigenvalue weighted by molar-refractivity contribution is 0.0917. The molecule has 6 nitrogen and oxygen atoms in total. The first-order valence-corrected chi connectivity index (χ1v) is 9.93. The first-order chi connectivity index (χ1) is 13.9. The molecule has 0 aliphatic carbocycles. The number of aryl methyl sites for hydroxylation is 1. The molecule has 0 bridgehead atoms. The van der Waals surface area contributed by atoms with Crippen molar-refractivity contribution in [2.24, 2.45) is 0 Å². The standard InChI is InChI=1S/C22H25N3O3S/c1-5-27-17-10-11-19-18(12-17)14(4)20(28-19)21(26)24-25-22(29)23-16-8-6-15(7-9-16)13(2)3/h6-13H,5H2,1-4H3,(H,24,26)(H2,23,25,29). The van der Waals surface area contributed by atoms with Crippen LogP contribution in [0.2, 0.25) is 0 Å². The maximum absolute atomic E-state index is 12.5. The van der Waals surface area contributed by atoms with Gasteiger partial charge in [-0.25, -0.2) is 0 Å². The van der Waals surface area contributed by atoms with Gasteiger partial charge in [0.05, 0.1) is 6.61 Å². The number of furan rings is 1. The highest BCUT2D eigenvalue weighted by atomic mass is 32.1. The molecule has 2 aromatic carbocycles. The summed E-state index contributed by atoms with van der Waals surface area (Å²) in [5, 5.41) is 4.16. The third-order valence-electron chi connectivity index (χ3n) is 4.55. The molecule has 29 heavy (non-hydrogen) atoms. The molecule has 0 saturated carbocycles. The molecular weight excluding hydrogens is 386 g/mol. The van der Waals surface area contributed by atoms with Crippen LogP contribution in [0.5, 0.6) is 5.75 Å². The van der Waals surface area contributed by atoms with E-state index in [0.29, 0.717) is 18.1 Å². The molecule has 152 valence electrons. The summed E-state index contributed by atoms with van der Waals surface area (Å²) < 4.78 is 11.2. The van der Waals surface area contributed by atoms with Gasteiger partial charge in [-0.1, -0.05) is 26.0 Å². The first kappa shape index (κ1) is 20.7. The molecule has 0 radical (unpaired) electrons. The van der Waals surface area contributed by atoms with Gasteiger partial charge in [0.1, 0.15) is 11.3 Å². The Hall–Kier alpha value is -3.06. The van der Waals surface area contributed by atoms with Gasteiger partial charge in [0.25, 0.3) is 0 Å². The highest BCUT2D eigenvalue weighted by molar-refractivity contribution is 7.80. The summed E-state index contributed by atoms with van der Waals surface area (Å²) in [6.45, 7) is 8.61. The van der Waals surface area contributed by atoms with Gasteiger partial charge in [0, 0.05) is 16.6 Å². The van der Waals surface area contributed by atoms with Crippen molar-refractivity contribution in [2.45, 2.75) is 33.6 Å². The summed E-state index contributed by atoms with van der Waals surface area (Å²) in [6.07, 6.45) is 0. The SMILES string of the molecule is CCOc1ccc2oc(C(=O)NNC(=S)Nc3ccc(C(C)C)cc3)c(C)c2c1. The summed E-state index contributed by atoms with van der Waals surface area (Å²) in [7, 11) is 0. The van der Waals surface area contributed by atoms with Crippen LogP contribution < -0.4 is 20.9 Å². The van der Waals surface area contributed by atoms with Crippen LogP contribution in [-0.4, -0.2) is 17.6 Å². The van der Waals surface area contributed by atoms with Gasteiger partial charge in [-0.05, 0) is 67.9 Å². The fraction of sp³-hybridized carbons (Fsp3) is 0.273. The van der Waals surface area contributed by atoms with E-state index in [2.05, 4.69) is 30.0 Å². The van der Waals surface area contributed by atoms with E-state index in [1.54, 1.807) is 6.07 Å². The smallest absolute Gasteiger partial charge is 0.305 e.